The summed E-state index contributed by atoms with van der Waals surface area (Å²) >= 11 is 4.47. The van der Waals surface area contributed by atoms with Crippen LogP contribution in [-0.2, 0) is 6.42 Å². The third-order valence-corrected chi connectivity index (χ3v) is 6.68. The molecule has 0 aliphatic rings. The second-order valence-corrected chi connectivity index (χ2v) is 8.01. The van der Waals surface area contributed by atoms with Crippen LogP contribution in [0.1, 0.15) is 87.5 Å². The van der Waals surface area contributed by atoms with Crippen molar-refractivity contribution >= 4 is 46.1 Å². The van der Waals surface area contributed by atoms with Gasteiger partial charge in [-0.25, -0.2) is 0 Å². The highest BCUT2D eigenvalue weighted by atomic mass is 127. The van der Waals surface area contributed by atoms with Gasteiger partial charge in [-0.2, -0.15) is 0 Å². The van der Waals surface area contributed by atoms with Gasteiger partial charge in [0, 0.05) is 13.3 Å². The van der Waals surface area contributed by atoms with E-state index in [9.17, 15) is 0 Å². The summed E-state index contributed by atoms with van der Waals surface area (Å²) in [6.07, 6.45) is 21.2. The highest BCUT2D eigenvalue weighted by Gasteiger charge is 2.12. The third-order valence-electron chi connectivity index (χ3n) is 3.92. The zero-order valence-corrected chi connectivity index (χ0v) is 17.4. The molecule has 0 radical (unpaired) electrons. The van der Waals surface area contributed by atoms with Gasteiger partial charge in [0.15, 0.2) is 0 Å². The Labute approximate surface area is 155 Å². The number of allylic oxidation sites excluding steroid dienone is 2. The Balaban J connectivity index is 2.44. The van der Waals surface area contributed by atoms with Crippen molar-refractivity contribution in [3.63, 3.8) is 0 Å². The minimum Gasteiger partial charge on any atom is -0.135 e. The summed E-state index contributed by atoms with van der Waals surface area (Å²) in [6, 6.07) is 0. The molecule has 1 aromatic heterocycles. The van der Waals surface area contributed by atoms with Crippen LogP contribution in [0.4, 0.5) is 0 Å². The largest absolute Gasteiger partial charge is 0.135 e. The summed E-state index contributed by atoms with van der Waals surface area (Å²) in [7, 11) is 0. The van der Waals surface area contributed by atoms with E-state index in [1.807, 2.05) is 11.3 Å². The lowest BCUT2D eigenvalue weighted by atomic mass is 10.0. The minimum absolute atomic E-state index is 1.24. The van der Waals surface area contributed by atoms with Gasteiger partial charge in [-0.3, -0.25) is 0 Å². The molecule has 0 bridgehead atoms. The first-order valence-corrected chi connectivity index (χ1v) is 10.7. The second kappa shape index (κ2) is 12.3. The van der Waals surface area contributed by atoms with Crippen molar-refractivity contribution in [2.45, 2.75) is 78.6 Å². The van der Waals surface area contributed by atoms with Crippen molar-refractivity contribution in [2.75, 3.05) is 0 Å². The minimum atomic E-state index is 1.24. The van der Waals surface area contributed by atoms with Crippen LogP contribution in [0, 0.1) is 3.57 Å². The molecule has 0 aliphatic carbocycles. The van der Waals surface area contributed by atoms with E-state index in [0.717, 1.165) is 0 Å². The van der Waals surface area contributed by atoms with Crippen LogP contribution in [-0.4, -0.2) is 0 Å². The molecule has 0 N–H and O–H groups in total. The number of thiophene rings is 1. The molecule has 2 heteroatoms. The average molecular weight is 430 g/mol. The molecule has 0 amide bonds. The van der Waals surface area contributed by atoms with Gasteiger partial charge in [0.05, 0.1) is 0 Å². The first-order chi connectivity index (χ1) is 10.7. The maximum atomic E-state index is 2.53. The van der Waals surface area contributed by atoms with Crippen LogP contribution in [0.2, 0.25) is 0 Å². The van der Waals surface area contributed by atoms with Crippen LogP contribution in [0.3, 0.4) is 0 Å². The Morgan fingerprint density at radius 3 is 1.95 bits per heavy atom. The monoisotopic (exact) mass is 430 g/mol. The van der Waals surface area contributed by atoms with E-state index in [4.69, 9.17) is 0 Å². The van der Waals surface area contributed by atoms with Crippen molar-refractivity contribution in [3.8, 4) is 0 Å². The summed E-state index contributed by atoms with van der Waals surface area (Å²) in [5.41, 5.74) is 1.57. The molecule has 0 unspecified atom stereocenters. The molecular weight excluding hydrogens is 399 g/mol. The molecule has 0 atom stereocenters. The van der Waals surface area contributed by atoms with Crippen LogP contribution in [0.25, 0.3) is 12.2 Å². The molecule has 0 saturated carbocycles. The first-order valence-electron chi connectivity index (χ1n) is 8.81. The molecule has 0 aliphatic heterocycles. The maximum absolute atomic E-state index is 2.53. The van der Waals surface area contributed by atoms with Crippen molar-refractivity contribution in [1.82, 2.24) is 0 Å². The van der Waals surface area contributed by atoms with Crippen LogP contribution in [0.15, 0.2) is 12.2 Å². The predicted molar refractivity (Wildman–Crippen MR) is 113 cm³/mol. The van der Waals surface area contributed by atoms with Gasteiger partial charge in [-0.15, -0.1) is 11.3 Å². The second-order valence-electron chi connectivity index (χ2n) is 5.85. The Morgan fingerprint density at radius 2 is 1.36 bits per heavy atom. The smallest absolute Gasteiger partial charge is 0.0409 e. The molecule has 0 spiro atoms. The van der Waals surface area contributed by atoms with Gasteiger partial charge in [-0.1, -0.05) is 64.0 Å². The maximum Gasteiger partial charge on any atom is 0.0409 e. The van der Waals surface area contributed by atoms with E-state index in [-0.39, 0.29) is 0 Å². The molecule has 1 aromatic rings. The summed E-state index contributed by atoms with van der Waals surface area (Å²) in [4.78, 5) is 2.88. The number of hydrogen-bond acceptors (Lipinski definition) is 1. The third kappa shape index (κ3) is 6.99. The van der Waals surface area contributed by atoms with E-state index in [1.54, 1.807) is 5.56 Å². The molecule has 0 aromatic carbocycles. The zero-order chi connectivity index (χ0) is 16.2. The predicted octanol–water partition coefficient (Wildman–Crippen LogP) is 8.10. The van der Waals surface area contributed by atoms with Gasteiger partial charge in [0.2, 0.25) is 0 Å². The molecular formula is C20H31IS. The van der Waals surface area contributed by atoms with Gasteiger partial charge >= 0.3 is 0 Å². The van der Waals surface area contributed by atoms with E-state index in [1.165, 1.54) is 71.1 Å². The average Bonchev–Trinajstić information content (AvgIpc) is 2.79. The van der Waals surface area contributed by atoms with E-state index in [2.05, 4.69) is 67.7 Å². The highest BCUT2D eigenvalue weighted by molar-refractivity contribution is 14.1. The number of hydrogen-bond donors (Lipinski definition) is 0. The van der Waals surface area contributed by atoms with Crippen molar-refractivity contribution in [1.29, 1.82) is 0 Å². The topological polar surface area (TPSA) is 0 Å². The quantitative estimate of drug-likeness (QED) is 0.246. The Bertz CT molecular complexity index is 468. The number of unbranched alkanes of at least 4 members (excludes halogenated alkanes) is 7. The lowest BCUT2D eigenvalue weighted by molar-refractivity contribution is 0.575. The summed E-state index contributed by atoms with van der Waals surface area (Å²) < 4.78 is 1.47. The van der Waals surface area contributed by atoms with E-state index < -0.39 is 0 Å². The summed E-state index contributed by atoms with van der Waals surface area (Å²) in [5.74, 6) is 0. The Kier molecular flexibility index (Phi) is 11.2. The molecule has 124 valence electrons. The van der Waals surface area contributed by atoms with Crippen LogP contribution in [0.5, 0.6) is 0 Å². The van der Waals surface area contributed by atoms with Gasteiger partial charge in [0.1, 0.15) is 0 Å². The van der Waals surface area contributed by atoms with Gasteiger partial charge in [-0.05, 0) is 67.0 Å². The molecule has 1 rings (SSSR count). The summed E-state index contributed by atoms with van der Waals surface area (Å²) in [6.45, 7) is 6.50. The standard InChI is InChI=1S/C20H31IS/c1-4-7-8-9-10-11-12-13-16-17-18(14-5-2)22-19(15-6-3)20(17)21/h5-6,14-15H,4,7-13,16H2,1-3H3/b14-5+,15-6+. The number of rotatable bonds is 11. The zero-order valence-electron chi connectivity index (χ0n) is 14.5. The van der Waals surface area contributed by atoms with Gasteiger partial charge in [0.25, 0.3) is 0 Å². The van der Waals surface area contributed by atoms with Crippen molar-refractivity contribution in [3.05, 3.63) is 31.0 Å². The fourth-order valence-electron chi connectivity index (χ4n) is 2.69. The molecule has 0 fully saturated rings. The lowest BCUT2D eigenvalue weighted by Crippen LogP contribution is -1.90. The molecule has 0 nitrogen and oxygen atoms in total. The summed E-state index contributed by atoms with van der Waals surface area (Å²) in [5, 5.41) is 0. The van der Waals surface area contributed by atoms with E-state index >= 15 is 0 Å². The SMILES string of the molecule is C/C=C/c1sc(/C=C/C)c(CCCCCCCCCC)c1I. The number of halogens is 1. The first kappa shape index (κ1) is 20.0. The molecule has 1 heterocycles. The van der Waals surface area contributed by atoms with Gasteiger partial charge < -0.3 is 0 Å². The van der Waals surface area contributed by atoms with E-state index in [0.29, 0.717) is 0 Å². The highest BCUT2D eigenvalue weighted by Crippen LogP contribution is 2.33. The van der Waals surface area contributed by atoms with Crippen LogP contribution < -0.4 is 0 Å². The van der Waals surface area contributed by atoms with Crippen LogP contribution >= 0.6 is 33.9 Å². The Hall–Kier alpha value is -0.0900. The molecule has 22 heavy (non-hydrogen) atoms. The van der Waals surface area contributed by atoms with Crippen molar-refractivity contribution in [2.24, 2.45) is 0 Å². The normalized spacial score (nSPS) is 12.0. The van der Waals surface area contributed by atoms with Crippen molar-refractivity contribution < 1.29 is 0 Å². The Morgan fingerprint density at radius 1 is 0.818 bits per heavy atom. The lowest BCUT2D eigenvalue weighted by Gasteiger charge is -2.03. The fraction of sp³-hybridized carbons (Fsp3) is 0.600. The fourth-order valence-corrected chi connectivity index (χ4v) is 5.13. The molecule has 0 saturated heterocycles.